The first-order chi connectivity index (χ1) is 10.1. The minimum atomic E-state index is -0.0257. The van der Waals surface area contributed by atoms with E-state index in [1.54, 1.807) is 13.1 Å². The van der Waals surface area contributed by atoms with E-state index in [4.69, 9.17) is 23.2 Å². The number of benzene rings is 1. The maximum atomic E-state index is 12.5. The smallest absolute Gasteiger partial charge is 0.231 e. The Balaban J connectivity index is 1.73. The number of rotatable bonds is 3. The van der Waals surface area contributed by atoms with Crippen LogP contribution in [0.5, 0.6) is 0 Å². The van der Waals surface area contributed by atoms with E-state index in [0.29, 0.717) is 16.0 Å². The molecule has 1 amide bonds. The third-order valence-electron chi connectivity index (χ3n) is 3.68. The Morgan fingerprint density at radius 3 is 2.81 bits per heavy atom. The fourth-order valence-electron chi connectivity index (χ4n) is 2.44. The molecule has 0 N–H and O–H groups in total. The molecule has 0 radical (unpaired) electrons. The van der Waals surface area contributed by atoms with Crippen molar-refractivity contribution in [3.05, 3.63) is 52.4 Å². The lowest BCUT2D eigenvalue weighted by molar-refractivity contribution is -0.119. The minimum Gasteiger partial charge on any atom is -0.300 e. The van der Waals surface area contributed by atoms with Gasteiger partial charge in [0.2, 0.25) is 5.91 Å². The number of amides is 1. The zero-order valence-corrected chi connectivity index (χ0v) is 12.8. The molecule has 108 valence electrons. The molecule has 2 atom stereocenters. The van der Waals surface area contributed by atoms with Crippen LogP contribution in [0.3, 0.4) is 0 Å². The maximum absolute atomic E-state index is 12.5. The van der Waals surface area contributed by atoms with Crippen LogP contribution in [-0.4, -0.2) is 22.9 Å². The lowest BCUT2D eigenvalue weighted by Crippen LogP contribution is -2.29. The van der Waals surface area contributed by atoms with Crippen molar-refractivity contribution < 1.29 is 4.79 Å². The molecule has 2 aromatic rings. The Morgan fingerprint density at radius 2 is 2.10 bits per heavy atom. The Morgan fingerprint density at radius 1 is 1.29 bits per heavy atom. The summed E-state index contributed by atoms with van der Waals surface area (Å²) in [7, 11) is 1.70. The molecule has 0 saturated heterocycles. The zero-order valence-electron chi connectivity index (χ0n) is 11.3. The van der Waals surface area contributed by atoms with Gasteiger partial charge in [-0.1, -0.05) is 35.3 Å². The number of carbonyl (C=O) groups excluding carboxylic acids is 1. The summed E-state index contributed by atoms with van der Waals surface area (Å²) in [5.74, 6) is 0.754. The number of carbonyl (C=O) groups is 1. The molecule has 21 heavy (non-hydrogen) atoms. The summed E-state index contributed by atoms with van der Waals surface area (Å²) in [5, 5.41) is 1.02. The third-order valence-corrected chi connectivity index (χ3v) is 4.12. The standard InChI is InChI=1S/C15H13Cl2N3O/c1-20(14-7-13(17)18-8-19-14)15(21)12-6-11(12)9-3-2-4-10(16)5-9/h2-5,7-8,11-12H,6H2,1H3/t11-,12+/m1/s1. The number of hydrogen-bond donors (Lipinski definition) is 0. The fraction of sp³-hybridized carbons (Fsp3) is 0.267. The molecule has 1 aliphatic rings. The number of hydrogen-bond acceptors (Lipinski definition) is 3. The molecular weight excluding hydrogens is 309 g/mol. The van der Waals surface area contributed by atoms with Gasteiger partial charge in [-0.25, -0.2) is 9.97 Å². The Labute approximate surface area is 132 Å². The van der Waals surface area contributed by atoms with Crippen LogP contribution in [0, 0.1) is 5.92 Å². The summed E-state index contributed by atoms with van der Waals surface area (Å²) in [5.41, 5.74) is 1.11. The molecule has 6 heteroatoms. The van der Waals surface area contributed by atoms with Crippen LogP contribution in [0.15, 0.2) is 36.7 Å². The van der Waals surface area contributed by atoms with Crippen molar-refractivity contribution in [1.29, 1.82) is 0 Å². The van der Waals surface area contributed by atoms with Crippen molar-refractivity contribution in [2.24, 2.45) is 5.92 Å². The number of aromatic nitrogens is 2. The molecule has 1 heterocycles. The van der Waals surface area contributed by atoms with E-state index < -0.39 is 0 Å². The zero-order chi connectivity index (χ0) is 15.0. The molecule has 3 rings (SSSR count). The van der Waals surface area contributed by atoms with Gasteiger partial charge in [0.1, 0.15) is 17.3 Å². The van der Waals surface area contributed by atoms with Gasteiger partial charge in [0.05, 0.1) is 0 Å². The van der Waals surface area contributed by atoms with Gasteiger partial charge in [-0.05, 0) is 30.0 Å². The van der Waals surface area contributed by atoms with Crippen LogP contribution in [0.25, 0.3) is 0 Å². The second-order valence-corrected chi connectivity index (χ2v) is 5.92. The SMILES string of the molecule is CN(C(=O)[C@H]1C[C@@H]1c1cccc(Cl)c1)c1cc(Cl)ncn1. The molecule has 1 aliphatic carbocycles. The quantitative estimate of drug-likeness (QED) is 0.812. The minimum absolute atomic E-state index is 0.0257. The van der Waals surface area contributed by atoms with E-state index in [1.807, 2.05) is 24.3 Å². The van der Waals surface area contributed by atoms with E-state index >= 15 is 0 Å². The summed E-state index contributed by atoms with van der Waals surface area (Å²) in [6.07, 6.45) is 2.19. The van der Waals surface area contributed by atoms with E-state index in [2.05, 4.69) is 9.97 Å². The van der Waals surface area contributed by atoms with Crippen molar-refractivity contribution >= 4 is 34.9 Å². The first kappa shape index (κ1) is 14.3. The molecule has 1 aromatic carbocycles. The number of nitrogens with zero attached hydrogens (tertiary/aromatic N) is 3. The predicted octanol–water partition coefficient (Wildman–Crippen LogP) is 3.55. The molecule has 1 saturated carbocycles. The van der Waals surface area contributed by atoms with Crippen LogP contribution in [-0.2, 0) is 4.79 Å². The number of halogens is 2. The second kappa shape index (κ2) is 5.62. The summed E-state index contributed by atoms with van der Waals surface area (Å²) in [4.78, 5) is 21.9. The molecule has 0 aliphatic heterocycles. The third kappa shape index (κ3) is 3.01. The van der Waals surface area contributed by atoms with E-state index in [9.17, 15) is 4.79 Å². The largest absolute Gasteiger partial charge is 0.300 e. The monoisotopic (exact) mass is 321 g/mol. The molecule has 0 spiro atoms. The highest BCUT2D eigenvalue weighted by Crippen LogP contribution is 2.49. The topological polar surface area (TPSA) is 46.1 Å². The van der Waals surface area contributed by atoms with Crippen LogP contribution < -0.4 is 4.90 Å². The van der Waals surface area contributed by atoms with Crippen molar-refractivity contribution in [3.8, 4) is 0 Å². The molecule has 1 aromatic heterocycles. The van der Waals surface area contributed by atoms with E-state index in [-0.39, 0.29) is 17.7 Å². The Hall–Kier alpha value is -1.65. The molecular formula is C15H13Cl2N3O. The van der Waals surface area contributed by atoms with Crippen LogP contribution >= 0.6 is 23.2 Å². The first-order valence-electron chi connectivity index (χ1n) is 6.57. The van der Waals surface area contributed by atoms with Crippen molar-refractivity contribution in [2.45, 2.75) is 12.3 Å². The van der Waals surface area contributed by atoms with Gasteiger partial charge in [0, 0.05) is 24.1 Å². The lowest BCUT2D eigenvalue weighted by atomic mass is 10.1. The van der Waals surface area contributed by atoms with Gasteiger partial charge in [-0.2, -0.15) is 0 Å². The van der Waals surface area contributed by atoms with Crippen molar-refractivity contribution in [2.75, 3.05) is 11.9 Å². The summed E-state index contributed by atoms with van der Waals surface area (Å²) in [6, 6.07) is 9.24. The Kier molecular flexibility index (Phi) is 3.83. The summed E-state index contributed by atoms with van der Waals surface area (Å²) in [6.45, 7) is 0. The fourth-order valence-corrected chi connectivity index (χ4v) is 2.78. The van der Waals surface area contributed by atoms with E-state index in [1.165, 1.54) is 11.2 Å². The maximum Gasteiger partial charge on any atom is 0.231 e. The van der Waals surface area contributed by atoms with E-state index in [0.717, 1.165) is 12.0 Å². The van der Waals surface area contributed by atoms with Gasteiger partial charge >= 0.3 is 0 Å². The first-order valence-corrected chi connectivity index (χ1v) is 7.32. The van der Waals surface area contributed by atoms with Crippen molar-refractivity contribution in [3.63, 3.8) is 0 Å². The molecule has 0 bridgehead atoms. The predicted molar refractivity (Wildman–Crippen MR) is 82.8 cm³/mol. The highest BCUT2D eigenvalue weighted by Gasteiger charge is 2.45. The van der Waals surface area contributed by atoms with Crippen LogP contribution in [0.1, 0.15) is 17.9 Å². The lowest BCUT2D eigenvalue weighted by Gasteiger charge is -2.16. The van der Waals surface area contributed by atoms with Crippen LogP contribution in [0.4, 0.5) is 5.82 Å². The van der Waals surface area contributed by atoms with Crippen LogP contribution in [0.2, 0.25) is 10.2 Å². The van der Waals surface area contributed by atoms with Gasteiger partial charge in [0.25, 0.3) is 0 Å². The second-order valence-electron chi connectivity index (χ2n) is 5.10. The Bertz CT molecular complexity index is 692. The summed E-state index contributed by atoms with van der Waals surface area (Å²) < 4.78 is 0. The highest BCUT2D eigenvalue weighted by atomic mass is 35.5. The van der Waals surface area contributed by atoms with Gasteiger partial charge < -0.3 is 0 Å². The molecule has 0 unspecified atom stereocenters. The van der Waals surface area contributed by atoms with Crippen molar-refractivity contribution in [1.82, 2.24) is 9.97 Å². The number of anilines is 1. The summed E-state index contributed by atoms with van der Waals surface area (Å²) >= 11 is 11.8. The molecule has 4 nitrogen and oxygen atoms in total. The highest BCUT2D eigenvalue weighted by molar-refractivity contribution is 6.30. The average Bonchev–Trinajstić information content (AvgIpc) is 3.26. The normalized spacial score (nSPS) is 20.1. The van der Waals surface area contributed by atoms with Gasteiger partial charge in [0.15, 0.2) is 0 Å². The van der Waals surface area contributed by atoms with Gasteiger partial charge in [-0.15, -0.1) is 0 Å². The average molecular weight is 322 g/mol. The van der Waals surface area contributed by atoms with Gasteiger partial charge in [-0.3, -0.25) is 9.69 Å². The molecule has 1 fully saturated rings.